The predicted octanol–water partition coefficient (Wildman–Crippen LogP) is 5.81. The molecule has 0 radical (unpaired) electrons. The van der Waals surface area contributed by atoms with Gasteiger partial charge in [-0.1, -0.05) is 55.8 Å². The van der Waals surface area contributed by atoms with Gasteiger partial charge in [0, 0.05) is 18.5 Å². The zero-order valence-electron chi connectivity index (χ0n) is 21.1. The van der Waals surface area contributed by atoms with Crippen LogP contribution in [0.4, 0.5) is 0 Å². The molecule has 0 aromatic heterocycles. The highest BCUT2D eigenvalue weighted by Gasteiger charge is 2.46. The van der Waals surface area contributed by atoms with Crippen molar-refractivity contribution in [3.8, 4) is 11.5 Å². The van der Waals surface area contributed by atoms with Crippen LogP contribution in [0.2, 0.25) is 0 Å². The average Bonchev–Trinajstić information content (AvgIpc) is 3.40. The molecule has 6 nitrogen and oxygen atoms in total. The second kappa shape index (κ2) is 10.5. The molecule has 3 aromatic carbocycles. The Morgan fingerprint density at radius 1 is 1.05 bits per heavy atom. The van der Waals surface area contributed by atoms with Gasteiger partial charge in [-0.15, -0.1) is 0 Å². The van der Waals surface area contributed by atoms with E-state index in [1.807, 2.05) is 73.7 Å². The Hall–Kier alpha value is -4.06. The first-order valence-corrected chi connectivity index (χ1v) is 12.8. The topological polar surface area (TPSA) is 76.1 Å². The Kier molecular flexibility index (Phi) is 6.99. The summed E-state index contributed by atoms with van der Waals surface area (Å²) in [6.07, 6.45) is 2.72. The van der Waals surface area contributed by atoms with Crippen molar-refractivity contribution in [1.29, 1.82) is 0 Å². The van der Waals surface area contributed by atoms with Crippen LogP contribution in [0, 0.1) is 0 Å². The second-order valence-corrected chi connectivity index (χ2v) is 9.64. The lowest BCUT2D eigenvalue weighted by atomic mass is 9.94. The molecule has 0 bridgehead atoms. The molecule has 2 unspecified atom stereocenters. The number of rotatable bonds is 8. The Bertz CT molecular complexity index is 1350. The minimum atomic E-state index is -0.752. The van der Waals surface area contributed by atoms with E-state index in [0.717, 1.165) is 36.1 Å². The van der Waals surface area contributed by atoms with Crippen molar-refractivity contribution in [1.82, 2.24) is 4.90 Å². The number of ketones is 1. The molecule has 3 aromatic rings. The van der Waals surface area contributed by atoms with E-state index in [-0.39, 0.29) is 24.0 Å². The lowest BCUT2D eigenvalue weighted by molar-refractivity contribution is -0.140. The van der Waals surface area contributed by atoms with Crippen LogP contribution >= 0.6 is 0 Å². The zero-order valence-corrected chi connectivity index (χ0v) is 21.1. The Morgan fingerprint density at radius 3 is 2.65 bits per heavy atom. The van der Waals surface area contributed by atoms with Gasteiger partial charge in [-0.3, -0.25) is 9.59 Å². The van der Waals surface area contributed by atoms with E-state index in [1.165, 1.54) is 4.90 Å². The number of hydrogen-bond donors (Lipinski definition) is 1. The van der Waals surface area contributed by atoms with Gasteiger partial charge >= 0.3 is 0 Å². The number of likely N-dealkylation sites (tertiary alicyclic amines) is 1. The lowest BCUT2D eigenvalue weighted by Crippen LogP contribution is -2.29. The molecule has 0 aliphatic carbocycles. The largest absolute Gasteiger partial charge is 0.507 e. The molecule has 1 saturated heterocycles. The molecule has 2 aliphatic heterocycles. The lowest BCUT2D eigenvalue weighted by Gasteiger charge is -2.26. The van der Waals surface area contributed by atoms with Crippen molar-refractivity contribution in [2.75, 3.05) is 6.61 Å². The van der Waals surface area contributed by atoms with E-state index in [0.29, 0.717) is 23.5 Å². The van der Waals surface area contributed by atoms with Crippen LogP contribution in [-0.2, 0) is 22.6 Å². The summed E-state index contributed by atoms with van der Waals surface area (Å²) in [7, 11) is 0. The van der Waals surface area contributed by atoms with Crippen LogP contribution in [0.3, 0.4) is 0 Å². The van der Waals surface area contributed by atoms with Gasteiger partial charge in [0.05, 0.1) is 18.2 Å². The van der Waals surface area contributed by atoms with E-state index in [9.17, 15) is 14.7 Å². The molecule has 6 heteroatoms. The molecule has 1 fully saturated rings. The van der Waals surface area contributed by atoms with Crippen molar-refractivity contribution < 1.29 is 24.2 Å². The third kappa shape index (κ3) is 4.96. The number of unbranched alkanes of at least 4 members (excludes halogenated alkanes) is 1. The number of nitrogens with zero attached hydrogens (tertiary/aromatic N) is 1. The normalized spacial score (nSPS) is 20.1. The molecule has 2 atom stereocenters. The monoisotopic (exact) mass is 497 g/mol. The van der Waals surface area contributed by atoms with Crippen LogP contribution < -0.4 is 9.47 Å². The van der Waals surface area contributed by atoms with Crippen molar-refractivity contribution in [3.63, 3.8) is 0 Å². The average molecular weight is 498 g/mol. The molecular formula is C31H31NO5. The van der Waals surface area contributed by atoms with Gasteiger partial charge < -0.3 is 19.5 Å². The number of Topliss-reactive ketones (excluding diaryl/α,β-unsaturated/α-hetero) is 1. The minimum absolute atomic E-state index is 0.0549. The zero-order chi connectivity index (χ0) is 25.9. The van der Waals surface area contributed by atoms with Gasteiger partial charge in [-0.2, -0.15) is 0 Å². The molecule has 2 aliphatic rings. The number of carbonyl (C=O) groups is 2. The number of carbonyl (C=O) groups excluding carboxylic acids is 2. The van der Waals surface area contributed by atoms with Crippen molar-refractivity contribution in [2.45, 2.75) is 51.8 Å². The Balaban J connectivity index is 1.59. The quantitative estimate of drug-likeness (QED) is 0.184. The minimum Gasteiger partial charge on any atom is -0.507 e. The SMILES string of the molecule is CCCCOc1cccc(C2C(=C(O)c3ccc4c(c3)CC(C)O4)C(=O)C(=O)N2Cc2ccccc2)c1. The van der Waals surface area contributed by atoms with Gasteiger partial charge in [0.25, 0.3) is 11.7 Å². The van der Waals surface area contributed by atoms with E-state index >= 15 is 0 Å². The number of aliphatic hydroxyl groups excluding tert-OH is 1. The third-order valence-electron chi connectivity index (χ3n) is 6.85. The summed E-state index contributed by atoms with van der Waals surface area (Å²) in [6, 6.07) is 21.6. The molecule has 1 amide bonds. The van der Waals surface area contributed by atoms with Crippen molar-refractivity contribution in [3.05, 3.63) is 101 Å². The van der Waals surface area contributed by atoms with E-state index in [4.69, 9.17) is 9.47 Å². The van der Waals surface area contributed by atoms with Gasteiger partial charge in [-0.25, -0.2) is 0 Å². The number of benzene rings is 3. The number of ether oxygens (including phenoxy) is 2. The van der Waals surface area contributed by atoms with Gasteiger partial charge in [0.1, 0.15) is 23.4 Å². The maximum Gasteiger partial charge on any atom is 0.295 e. The molecule has 190 valence electrons. The summed E-state index contributed by atoms with van der Waals surface area (Å²) in [4.78, 5) is 28.3. The molecule has 37 heavy (non-hydrogen) atoms. The summed E-state index contributed by atoms with van der Waals surface area (Å²) in [5.41, 5.74) is 3.16. The molecular weight excluding hydrogens is 466 g/mol. The Morgan fingerprint density at radius 2 is 1.86 bits per heavy atom. The van der Waals surface area contributed by atoms with E-state index < -0.39 is 17.7 Å². The first-order chi connectivity index (χ1) is 18.0. The van der Waals surface area contributed by atoms with Gasteiger partial charge in [-0.05, 0) is 60.4 Å². The maximum atomic E-state index is 13.4. The fourth-order valence-electron chi connectivity index (χ4n) is 5.00. The van der Waals surface area contributed by atoms with Crippen LogP contribution in [0.5, 0.6) is 11.5 Å². The number of amides is 1. The van der Waals surface area contributed by atoms with Crippen LogP contribution in [-0.4, -0.2) is 34.4 Å². The summed E-state index contributed by atoms with van der Waals surface area (Å²) < 4.78 is 11.7. The van der Waals surface area contributed by atoms with Crippen LogP contribution in [0.1, 0.15) is 55.0 Å². The smallest absolute Gasteiger partial charge is 0.295 e. The number of fused-ring (bicyclic) bond motifs is 1. The van der Waals surface area contributed by atoms with Crippen LogP contribution in [0.25, 0.3) is 5.76 Å². The molecule has 5 rings (SSSR count). The summed E-state index contributed by atoms with van der Waals surface area (Å²) >= 11 is 0. The number of aliphatic hydroxyl groups is 1. The first-order valence-electron chi connectivity index (χ1n) is 12.8. The Labute approximate surface area is 217 Å². The fraction of sp³-hybridized carbons (Fsp3) is 0.290. The molecule has 1 N–H and O–H groups in total. The highest BCUT2D eigenvalue weighted by atomic mass is 16.5. The van der Waals surface area contributed by atoms with E-state index in [2.05, 4.69) is 6.92 Å². The highest BCUT2D eigenvalue weighted by molar-refractivity contribution is 6.46. The fourth-order valence-corrected chi connectivity index (χ4v) is 5.00. The third-order valence-corrected chi connectivity index (χ3v) is 6.85. The van der Waals surface area contributed by atoms with Gasteiger partial charge in [0.15, 0.2) is 0 Å². The predicted molar refractivity (Wildman–Crippen MR) is 141 cm³/mol. The maximum absolute atomic E-state index is 13.4. The van der Waals surface area contributed by atoms with E-state index in [1.54, 1.807) is 6.07 Å². The van der Waals surface area contributed by atoms with Crippen LogP contribution in [0.15, 0.2) is 78.4 Å². The highest BCUT2D eigenvalue weighted by Crippen LogP contribution is 2.42. The first kappa shape index (κ1) is 24.6. The van der Waals surface area contributed by atoms with Crippen molar-refractivity contribution in [2.24, 2.45) is 0 Å². The summed E-state index contributed by atoms with van der Waals surface area (Å²) in [5.74, 6) is -0.0628. The number of hydrogen-bond acceptors (Lipinski definition) is 5. The molecule has 0 saturated carbocycles. The second-order valence-electron chi connectivity index (χ2n) is 9.64. The molecule has 2 heterocycles. The molecule has 0 spiro atoms. The summed E-state index contributed by atoms with van der Waals surface area (Å²) in [6.45, 7) is 4.91. The van der Waals surface area contributed by atoms with Gasteiger partial charge in [0.2, 0.25) is 0 Å². The standard InChI is InChI=1S/C31H31NO5/c1-3-4-15-36-25-12-8-11-22(18-25)28-27(29(33)23-13-14-26-24(17-23)16-20(2)37-26)30(34)31(35)32(28)19-21-9-6-5-7-10-21/h5-14,17-18,20,28,33H,3-4,15-16,19H2,1-2H3. The van der Waals surface area contributed by atoms with Crippen molar-refractivity contribution >= 4 is 17.4 Å². The summed E-state index contributed by atoms with van der Waals surface area (Å²) in [5, 5.41) is 11.5.